The van der Waals surface area contributed by atoms with Crippen molar-refractivity contribution in [3.63, 3.8) is 0 Å². The molecule has 1 aliphatic heterocycles. The Balaban J connectivity index is 1.50. The minimum absolute atomic E-state index is 0.0765. The van der Waals surface area contributed by atoms with Crippen LogP contribution in [0.15, 0.2) is 93.9 Å². The third-order valence-corrected chi connectivity index (χ3v) is 7.92. The van der Waals surface area contributed by atoms with Gasteiger partial charge in [0.2, 0.25) is 0 Å². The van der Waals surface area contributed by atoms with Gasteiger partial charge in [0.25, 0.3) is 11.5 Å². The molecule has 10 nitrogen and oxygen atoms in total. The molecule has 226 valence electrons. The Labute approximate surface area is 257 Å². The van der Waals surface area contributed by atoms with Crippen LogP contribution in [0.4, 0.5) is 0 Å². The Morgan fingerprint density at radius 3 is 2.57 bits per heavy atom. The van der Waals surface area contributed by atoms with E-state index in [1.54, 1.807) is 56.3 Å². The van der Waals surface area contributed by atoms with E-state index in [9.17, 15) is 19.5 Å². The fraction of sp³-hybridized carbons (Fsp3) is 0.212. The number of hydrogen-bond acceptors (Lipinski definition) is 9. The van der Waals surface area contributed by atoms with Gasteiger partial charge in [-0.15, -0.1) is 0 Å². The van der Waals surface area contributed by atoms with E-state index in [-0.39, 0.29) is 41.8 Å². The Morgan fingerprint density at radius 1 is 1.07 bits per heavy atom. The number of phenolic OH excluding ortho intramolecular Hbond substituents is 1. The van der Waals surface area contributed by atoms with E-state index >= 15 is 0 Å². The number of aromatic hydroxyl groups is 1. The highest BCUT2D eigenvalue weighted by molar-refractivity contribution is 7.07. The molecule has 0 fully saturated rings. The summed E-state index contributed by atoms with van der Waals surface area (Å²) in [5.74, 6) is -0.330. The molecule has 1 aliphatic rings. The molecule has 0 saturated carbocycles. The highest BCUT2D eigenvalue weighted by atomic mass is 32.1. The monoisotopic (exact) mass is 613 g/mol. The molecule has 4 aromatic rings. The molecular formula is C33H31N3O7S. The number of fused-ring (bicyclic) bond motifs is 1. The zero-order valence-electron chi connectivity index (χ0n) is 24.4. The molecule has 0 unspecified atom stereocenters. The van der Waals surface area contributed by atoms with Gasteiger partial charge in [0.05, 0.1) is 35.6 Å². The maximum Gasteiger partial charge on any atom is 0.338 e. The zero-order valence-corrected chi connectivity index (χ0v) is 25.2. The number of carbonyl (C=O) groups excluding carboxylic acids is 2. The number of aromatic nitrogens is 1. The fourth-order valence-electron chi connectivity index (χ4n) is 4.83. The molecule has 0 bridgehead atoms. The van der Waals surface area contributed by atoms with Crippen molar-refractivity contribution >= 4 is 29.3 Å². The van der Waals surface area contributed by atoms with Gasteiger partial charge in [0.15, 0.2) is 22.9 Å². The van der Waals surface area contributed by atoms with Crippen LogP contribution in [-0.2, 0) is 20.9 Å². The van der Waals surface area contributed by atoms with Crippen molar-refractivity contribution in [3.8, 4) is 17.2 Å². The zero-order chi connectivity index (χ0) is 31.2. The first-order valence-corrected chi connectivity index (χ1v) is 14.7. The SMILES string of the molecule is CCOC(=O)C1=C(C)N=c2s/c(=C\c3ccccc3OCC(=O)NCc3ccccc3)c(=O)n2[C@H]1c1ccc(O)c(OC)c1. The number of ether oxygens (including phenoxy) is 3. The van der Waals surface area contributed by atoms with E-state index < -0.39 is 12.0 Å². The predicted molar refractivity (Wildman–Crippen MR) is 165 cm³/mol. The van der Waals surface area contributed by atoms with Gasteiger partial charge in [-0.1, -0.05) is 65.9 Å². The average Bonchev–Trinajstić information content (AvgIpc) is 3.33. The summed E-state index contributed by atoms with van der Waals surface area (Å²) in [5, 5.41) is 13.0. The van der Waals surface area contributed by atoms with Gasteiger partial charge in [-0.05, 0) is 49.2 Å². The molecule has 11 heteroatoms. The van der Waals surface area contributed by atoms with Crippen molar-refractivity contribution in [1.82, 2.24) is 9.88 Å². The van der Waals surface area contributed by atoms with Crippen molar-refractivity contribution in [2.75, 3.05) is 20.3 Å². The van der Waals surface area contributed by atoms with Gasteiger partial charge in [0, 0.05) is 12.1 Å². The summed E-state index contributed by atoms with van der Waals surface area (Å²) in [6.07, 6.45) is 1.68. The summed E-state index contributed by atoms with van der Waals surface area (Å²) < 4.78 is 18.3. The predicted octanol–water partition coefficient (Wildman–Crippen LogP) is 3.21. The van der Waals surface area contributed by atoms with Gasteiger partial charge in [0.1, 0.15) is 5.75 Å². The van der Waals surface area contributed by atoms with Gasteiger partial charge in [-0.2, -0.15) is 0 Å². The molecule has 44 heavy (non-hydrogen) atoms. The molecule has 5 rings (SSSR count). The van der Waals surface area contributed by atoms with Crippen LogP contribution in [0.2, 0.25) is 0 Å². The number of rotatable bonds is 10. The Morgan fingerprint density at radius 2 is 1.82 bits per heavy atom. The number of nitrogens with zero attached hydrogens (tertiary/aromatic N) is 2. The van der Waals surface area contributed by atoms with Crippen LogP contribution in [0.25, 0.3) is 6.08 Å². The quantitative estimate of drug-likeness (QED) is 0.263. The molecule has 0 aliphatic carbocycles. The molecule has 0 radical (unpaired) electrons. The van der Waals surface area contributed by atoms with Crippen LogP contribution >= 0.6 is 11.3 Å². The molecule has 1 amide bonds. The van der Waals surface area contributed by atoms with E-state index in [2.05, 4.69) is 10.3 Å². The number of phenols is 1. The smallest absolute Gasteiger partial charge is 0.338 e. The number of hydrogen-bond donors (Lipinski definition) is 2. The summed E-state index contributed by atoms with van der Waals surface area (Å²) in [4.78, 5) is 44.6. The number of amides is 1. The van der Waals surface area contributed by atoms with E-state index in [0.717, 1.165) is 16.9 Å². The number of thiazole rings is 1. The first-order chi connectivity index (χ1) is 21.3. The van der Waals surface area contributed by atoms with E-state index in [4.69, 9.17) is 14.2 Å². The van der Waals surface area contributed by atoms with Gasteiger partial charge < -0.3 is 24.6 Å². The lowest BCUT2D eigenvalue weighted by atomic mass is 9.95. The third kappa shape index (κ3) is 6.42. The van der Waals surface area contributed by atoms with Crippen molar-refractivity contribution in [2.24, 2.45) is 4.99 Å². The number of esters is 1. The summed E-state index contributed by atoms with van der Waals surface area (Å²) in [5.41, 5.74) is 2.35. The molecule has 3 aromatic carbocycles. The van der Waals surface area contributed by atoms with Gasteiger partial charge >= 0.3 is 5.97 Å². The Kier molecular flexibility index (Phi) is 9.25. The summed E-state index contributed by atoms with van der Waals surface area (Å²) in [6.45, 7) is 3.72. The van der Waals surface area contributed by atoms with Crippen molar-refractivity contribution in [3.05, 3.63) is 120 Å². The lowest BCUT2D eigenvalue weighted by molar-refractivity contribution is -0.139. The van der Waals surface area contributed by atoms with Crippen molar-refractivity contribution in [1.29, 1.82) is 0 Å². The van der Waals surface area contributed by atoms with E-state index in [0.29, 0.717) is 38.5 Å². The summed E-state index contributed by atoms with van der Waals surface area (Å²) >= 11 is 1.16. The van der Waals surface area contributed by atoms with Gasteiger partial charge in [-0.3, -0.25) is 14.2 Å². The fourth-order valence-corrected chi connectivity index (χ4v) is 5.87. The van der Waals surface area contributed by atoms with Crippen molar-refractivity contribution in [2.45, 2.75) is 26.4 Å². The maximum absolute atomic E-state index is 14.0. The Hall–Kier alpha value is -5.16. The molecule has 1 atom stereocenters. The van der Waals surface area contributed by atoms with Crippen LogP contribution in [0, 0.1) is 0 Å². The number of allylic oxidation sites excluding steroid dienone is 1. The Bertz CT molecular complexity index is 1910. The largest absolute Gasteiger partial charge is 0.504 e. The normalized spacial score (nSPS) is 14.4. The second-order valence-corrected chi connectivity index (χ2v) is 10.8. The second kappa shape index (κ2) is 13.4. The topological polar surface area (TPSA) is 128 Å². The van der Waals surface area contributed by atoms with Crippen LogP contribution in [0.3, 0.4) is 0 Å². The lowest BCUT2D eigenvalue weighted by Gasteiger charge is -2.25. The van der Waals surface area contributed by atoms with Crippen LogP contribution in [0.1, 0.15) is 36.6 Å². The van der Waals surface area contributed by atoms with E-state index in [1.165, 1.54) is 17.7 Å². The number of nitrogens with one attached hydrogen (secondary N) is 1. The summed E-state index contributed by atoms with van der Waals surface area (Å²) in [6, 6.07) is 20.4. The first kappa shape index (κ1) is 30.3. The number of methoxy groups -OCH3 is 1. The molecular weight excluding hydrogens is 582 g/mol. The van der Waals surface area contributed by atoms with E-state index in [1.807, 2.05) is 30.3 Å². The average molecular weight is 614 g/mol. The summed E-state index contributed by atoms with van der Waals surface area (Å²) in [7, 11) is 1.42. The molecule has 0 saturated heterocycles. The standard InChI is InChI=1S/C33H31N3O7S/c1-4-42-32(40)29-20(2)35-33-36(30(29)23-14-15-24(37)26(16-23)41-3)31(39)27(44-33)17-22-12-8-9-13-25(22)43-19-28(38)34-18-21-10-6-5-7-11-21/h5-17,30,37H,4,18-19H2,1-3H3,(H,34,38)/b27-17-/t30-/m0/s1. The molecule has 0 spiro atoms. The minimum Gasteiger partial charge on any atom is -0.504 e. The number of carbonyl (C=O) groups is 2. The highest BCUT2D eigenvalue weighted by Crippen LogP contribution is 2.35. The molecule has 1 aromatic heterocycles. The van der Waals surface area contributed by atoms with Crippen molar-refractivity contribution < 1.29 is 28.9 Å². The molecule has 2 N–H and O–H groups in total. The second-order valence-electron chi connectivity index (χ2n) is 9.82. The van der Waals surface area contributed by atoms with Gasteiger partial charge in [-0.25, -0.2) is 9.79 Å². The van der Waals surface area contributed by atoms with Crippen LogP contribution in [0.5, 0.6) is 17.2 Å². The minimum atomic E-state index is -0.873. The highest BCUT2D eigenvalue weighted by Gasteiger charge is 2.34. The third-order valence-electron chi connectivity index (χ3n) is 6.93. The molecule has 2 heterocycles. The number of para-hydroxylation sites is 1. The van der Waals surface area contributed by atoms with Crippen LogP contribution < -0.4 is 29.7 Å². The van der Waals surface area contributed by atoms with Crippen LogP contribution in [-0.4, -0.2) is 41.9 Å². The number of benzene rings is 3. The lowest BCUT2D eigenvalue weighted by Crippen LogP contribution is -2.40. The maximum atomic E-state index is 14.0. The first-order valence-electron chi connectivity index (χ1n) is 13.9.